The number of amides is 1. The van der Waals surface area contributed by atoms with Crippen LogP contribution in [0.3, 0.4) is 0 Å². The monoisotopic (exact) mass is 299 g/mol. The number of pyridine rings is 1. The Labute approximate surface area is 108 Å². The number of methoxy groups -OCH3 is 1. The summed E-state index contributed by atoms with van der Waals surface area (Å²) in [4.78, 5) is 17.7. The number of ether oxygens (including phenoxy) is 1. The molecule has 1 unspecified atom stereocenters. The number of anilines is 1. The molecule has 2 N–H and O–H groups in total. The van der Waals surface area contributed by atoms with Crippen molar-refractivity contribution in [3.05, 3.63) is 16.7 Å². The number of aromatic nitrogens is 1. The van der Waals surface area contributed by atoms with Gasteiger partial charge in [0.15, 0.2) is 11.6 Å². The van der Waals surface area contributed by atoms with Gasteiger partial charge >= 0.3 is 0 Å². The first-order valence-corrected chi connectivity index (χ1v) is 6.15. The number of nitrogens with zero attached hydrogens (tertiary/aromatic N) is 2. The molecule has 2 heterocycles. The molecule has 0 saturated carbocycles. The summed E-state index contributed by atoms with van der Waals surface area (Å²) >= 11 is 3.32. The van der Waals surface area contributed by atoms with Gasteiger partial charge in [-0.1, -0.05) is 0 Å². The van der Waals surface area contributed by atoms with Crippen LogP contribution in [0, 0.1) is 5.92 Å². The van der Waals surface area contributed by atoms with Crippen molar-refractivity contribution in [2.24, 2.45) is 11.7 Å². The quantitative estimate of drug-likeness (QED) is 0.909. The van der Waals surface area contributed by atoms with Crippen LogP contribution >= 0.6 is 15.9 Å². The van der Waals surface area contributed by atoms with Crippen molar-refractivity contribution >= 4 is 27.7 Å². The van der Waals surface area contributed by atoms with Crippen molar-refractivity contribution in [1.82, 2.24) is 4.98 Å². The number of rotatable bonds is 3. The fourth-order valence-electron chi connectivity index (χ4n) is 1.91. The highest BCUT2D eigenvalue weighted by Crippen LogP contribution is 2.32. The highest BCUT2D eigenvalue weighted by molar-refractivity contribution is 9.10. The summed E-state index contributed by atoms with van der Waals surface area (Å²) in [5.41, 5.74) is 5.59. The lowest BCUT2D eigenvalue weighted by atomic mass is 10.1. The molecule has 6 heteroatoms. The van der Waals surface area contributed by atoms with Crippen LogP contribution in [0.2, 0.25) is 0 Å². The fraction of sp³-hybridized carbons (Fsp3) is 0.455. The van der Waals surface area contributed by atoms with E-state index < -0.39 is 0 Å². The molecule has 1 aromatic rings. The SMILES string of the molecule is COc1cc(Br)cnc1N1CC(CN)CC1=O. The highest BCUT2D eigenvalue weighted by Gasteiger charge is 2.32. The van der Waals surface area contributed by atoms with Gasteiger partial charge in [-0.3, -0.25) is 9.69 Å². The third-order valence-electron chi connectivity index (χ3n) is 2.81. The van der Waals surface area contributed by atoms with Gasteiger partial charge in [0.1, 0.15) is 0 Å². The molecule has 17 heavy (non-hydrogen) atoms. The summed E-state index contributed by atoms with van der Waals surface area (Å²) in [6, 6.07) is 1.80. The summed E-state index contributed by atoms with van der Waals surface area (Å²) in [5, 5.41) is 0. The average Bonchev–Trinajstić information content (AvgIpc) is 2.70. The van der Waals surface area contributed by atoms with Crippen LogP contribution in [0.5, 0.6) is 5.75 Å². The van der Waals surface area contributed by atoms with Gasteiger partial charge in [0, 0.05) is 23.6 Å². The third-order valence-corrected chi connectivity index (χ3v) is 3.25. The zero-order chi connectivity index (χ0) is 12.4. The lowest BCUT2D eigenvalue weighted by Crippen LogP contribution is -2.27. The van der Waals surface area contributed by atoms with E-state index in [1.807, 2.05) is 0 Å². The molecule has 1 amide bonds. The molecule has 1 saturated heterocycles. The van der Waals surface area contributed by atoms with Crippen molar-refractivity contribution < 1.29 is 9.53 Å². The van der Waals surface area contributed by atoms with E-state index in [0.29, 0.717) is 31.1 Å². The van der Waals surface area contributed by atoms with E-state index in [0.717, 1.165) is 4.47 Å². The van der Waals surface area contributed by atoms with Crippen LogP contribution in [-0.4, -0.2) is 31.1 Å². The second-order valence-corrected chi connectivity index (χ2v) is 4.91. The Morgan fingerprint density at radius 3 is 3.06 bits per heavy atom. The molecule has 0 bridgehead atoms. The Hall–Kier alpha value is -1.14. The molecule has 5 nitrogen and oxygen atoms in total. The molecule has 0 aromatic carbocycles. The molecular formula is C11H14BrN3O2. The van der Waals surface area contributed by atoms with Gasteiger partial charge in [-0.15, -0.1) is 0 Å². The number of carbonyl (C=O) groups excluding carboxylic acids is 1. The number of carbonyl (C=O) groups is 1. The van der Waals surface area contributed by atoms with E-state index in [2.05, 4.69) is 20.9 Å². The van der Waals surface area contributed by atoms with E-state index >= 15 is 0 Å². The van der Waals surface area contributed by atoms with Crippen molar-refractivity contribution in [3.8, 4) is 5.75 Å². The number of halogens is 1. The van der Waals surface area contributed by atoms with E-state index in [1.165, 1.54) is 0 Å². The van der Waals surface area contributed by atoms with Gasteiger partial charge in [-0.05, 0) is 34.5 Å². The topological polar surface area (TPSA) is 68.4 Å². The van der Waals surface area contributed by atoms with Crippen LogP contribution < -0.4 is 15.4 Å². The zero-order valence-corrected chi connectivity index (χ0v) is 11.1. The molecule has 1 atom stereocenters. The van der Waals surface area contributed by atoms with E-state index in [9.17, 15) is 4.79 Å². The largest absolute Gasteiger partial charge is 0.493 e. The minimum absolute atomic E-state index is 0.0496. The maximum atomic E-state index is 11.9. The Morgan fingerprint density at radius 2 is 2.47 bits per heavy atom. The molecule has 2 rings (SSSR count). The smallest absolute Gasteiger partial charge is 0.228 e. The van der Waals surface area contributed by atoms with Crippen molar-refractivity contribution in [3.63, 3.8) is 0 Å². The standard InChI is InChI=1S/C11H14BrN3O2/c1-17-9-3-8(12)5-14-11(9)15-6-7(4-13)2-10(15)16/h3,5,7H,2,4,6,13H2,1H3. The van der Waals surface area contributed by atoms with Gasteiger partial charge in [0.25, 0.3) is 0 Å². The average molecular weight is 300 g/mol. The maximum absolute atomic E-state index is 11.9. The van der Waals surface area contributed by atoms with Crippen molar-refractivity contribution in [2.45, 2.75) is 6.42 Å². The predicted molar refractivity (Wildman–Crippen MR) is 68.0 cm³/mol. The molecule has 0 aliphatic carbocycles. The van der Waals surface area contributed by atoms with Crippen molar-refractivity contribution in [2.75, 3.05) is 25.1 Å². The Kier molecular flexibility index (Phi) is 3.63. The Morgan fingerprint density at radius 1 is 1.71 bits per heavy atom. The summed E-state index contributed by atoms with van der Waals surface area (Å²) in [7, 11) is 1.56. The lowest BCUT2D eigenvalue weighted by Gasteiger charge is -2.18. The number of nitrogens with two attached hydrogens (primary N) is 1. The van der Waals surface area contributed by atoms with E-state index in [1.54, 1.807) is 24.3 Å². The van der Waals surface area contributed by atoms with Gasteiger partial charge in [-0.25, -0.2) is 4.98 Å². The first-order valence-electron chi connectivity index (χ1n) is 5.35. The normalized spacial score (nSPS) is 19.8. The number of hydrogen-bond acceptors (Lipinski definition) is 4. The van der Waals surface area contributed by atoms with Crippen LogP contribution in [0.25, 0.3) is 0 Å². The summed E-state index contributed by atoms with van der Waals surface area (Å²) in [6.45, 7) is 1.13. The molecule has 0 spiro atoms. The van der Waals surface area contributed by atoms with Crippen molar-refractivity contribution in [1.29, 1.82) is 0 Å². The number of hydrogen-bond donors (Lipinski definition) is 1. The summed E-state index contributed by atoms with van der Waals surface area (Å²) in [5.74, 6) is 1.41. The lowest BCUT2D eigenvalue weighted by molar-refractivity contribution is -0.117. The van der Waals surface area contributed by atoms with Crippen LogP contribution in [-0.2, 0) is 4.79 Å². The van der Waals surface area contributed by atoms with Gasteiger partial charge in [-0.2, -0.15) is 0 Å². The van der Waals surface area contributed by atoms with Crippen LogP contribution in [0.4, 0.5) is 5.82 Å². The molecule has 1 fully saturated rings. The highest BCUT2D eigenvalue weighted by atomic mass is 79.9. The minimum Gasteiger partial charge on any atom is -0.493 e. The molecule has 1 aliphatic heterocycles. The molecule has 1 aliphatic rings. The maximum Gasteiger partial charge on any atom is 0.228 e. The van der Waals surface area contributed by atoms with Gasteiger partial charge in [0.2, 0.25) is 5.91 Å². The zero-order valence-electron chi connectivity index (χ0n) is 9.52. The molecule has 1 aromatic heterocycles. The summed E-state index contributed by atoms with van der Waals surface area (Å²) < 4.78 is 6.06. The van der Waals surface area contributed by atoms with E-state index in [-0.39, 0.29) is 11.8 Å². The first-order chi connectivity index (χ1) is 8.15. The van der Waals surface area contributed by atoms with Gasteiger partial charge in [0.05, 0.1) is 7.11 Å². The van der Waals surface area contributed by atoms with Crippen LogP contribution in [0.1, 0.15) is 6.42 Å². The fourth-order valence-corrected chi connectivity index (χ4v) is 2.22. The first kappa shape index (κ1) is 12.3. The Bertz CT molecular complexity index is 439. The molecule has 92 valence electrons. The summed E-state index contributed by atoms with van der Waals surface area (Å²) in [6.07, 6.45) is 2.14. The molecule has 0 radical (unpaired) electrons. The second kappa shape index (κ2) is 5.01. The van der Waals surface area contributed by atoms with E-state index in [4.69, 9.17) is 10.5 Å². The Balaban J connectivity index is 2.31. The molecular weight excluding hydrogens is 286 g/mol. The third kappa shape index (κ3) is 2.42. The minimum atomic E-state index is 0.0496. The predicted octanol–water partition coefficient (Wildman–Crippen LogP) is 1.16. The van der Waals surface area contributed by atoms with Gasteiger partial charge < -0.3 is 10.5 Å². The van der Waals surface area contributed by atoms with Crippen LogP contribution in [0.15, 0.2) is 16.7 Å². The second-order valence-electron chi connectivity index (χ2n) is 3.99.